The molecule has 30 heavy (non-hydrogen) atoms. The van der Waals surface area contributed by atoms with Crippen molar-refractivity contribution < 1.29 is 14.5 Å². The summed E-state index contributed by atoms with van der Waals surface area (Å²) in [6.45, 7) is 0.877. The largest absolute Gasteiger partial charge is 0.377 e. The number of para-hydroxylation sites is 1. The van der Waals surface area contributed by atoms with E-state index >= 15 is 0 Å². The quantitative estimate of drug-likeness (QED) is 0.498. The highest BCUT2D eigenvalue weighted by atomic mass is 16.6. The van der Waals surface area contributed by atoms with Crippen molar-refractivity contribution >= 4 is 28.9 Å². The lowest BCUT2D eigenvalue weighted by molar-refractivity contribution is -0.384. The van der Waals surface area contributed by atoms with Crippen LogP contribution in [0.2, 0.25) is 0 Å². The third-order valence-corrected chi connectivity index (χ3v) is 5.25. The number of nitrogens with zero attached hydrogens (tertiary/aromatic N) is 2. The molecule has 1 aliphatic heterocycles. The van der Waals surface area contributed by atoms with Crippen LogP contribution >= 0.6 is 0 Å². The zero-order valence-electron chi connectivity index (χ0n) is 16.4. The van der Waals surface area contributed by atoms with Crippen molar-refractivity contribution in [2.24, 2.45) is 0 Å². The van der Waals surface area contributed by atoms with Gasteiger partial charge in [-0.25, -0.2) is 0 Å². The van der Waals surface area contributed by atoms with E-state index in [2.05, 4.69) is 22.2 Å². The van der Waals surface area contributed by atoms with Crippen LogP contribution in [0.5, 0.6) is 0 Å². The number of nitro benzene ring substituents is 1. The lowest BCUT2D eigenvalue weighted by Crippen LogP contribution is -2.47. The first-order valence-corrected chi connectivity index (χ1v) is 9.98. The molecule has 0 unspecified atom stereocenters. The number of amides is 2. The lowest BCUT2D eigenvalue weighted by atomic mass is 10.0. The molecular weight excluding hydrogens is 386 g/mol. The van der Waals surface area contributed by atoms with E-state index in [-0.39, 0.29) is 29.7 Å². The van der Waals surface area contributed by atoms with Crippen molar-refractivity contribution in [2.45, 2.75) is 31.7 Å². The first kappa shape index (κ1) is 19.7. The monoisotopic (exact) mass is 409 g/mol. The predicted molar refractivity (Wildman–Crippen MR) is 112 cm³/mol. The number of aryl methyl sites for hydroxylation is 1. The second-order valence-corrected chi connectivity index (χ2v) is 7.56. The molecule has 0 radical (unpaired) electrons. The maximum Gasteiger partial charge on any atom is 0.293 e. The Morgan fingerprint density at radius 1 is 1.13 bits per heavy atom. The molecule has 0 saturated heterocycles. The van der Waals surface area contributed by atoms with Crippen LogP contribution in [-0.4, -0.2) is 35.9 Å². The van der Waals surface area contributed by atoms with Crippen molar-refractivity contribution in [3.05, 3.63) is 63.7 Å². The Morgan fingerprint density at radius 2 is 1.93 bits per heavy atom. The maximum atomic E-state index is 12.4. The minimum Gasteiger partial charge on any atom is -0.377 e. The molecule has 9 heteroatoms. The molecule has 2 aromatic rings. The van der Waals surface area contributed by atoms with E-state index < -0.39 is 10.8 Å². The van der Waals surface area contributed by atoms with Crippen LogP contribution in [0.25, 0.3) is 0 Å². The van der Waals surface area contributed by atoms with Crippen molar-refractivity contribution in [1.29, 1.82) is 0 Å². The Labute approximate surface area is 173 Å². The Kier molecular flexibility index (Phi) is 5.51. The number of fused-ring (bicyclic) bond motifs is 1. The van der Waals surface area contributed by atoms with Gasteiger partial charge in [0.25, 0.3) is 17.5 Å². The van der Waals surface area contributed by atoms with Crippen molar-refractivity contribution in [1.82, 2.24) is 10.9 Å². The fourth-order valence-electron chi connectivity index (χ4n) is 3.58. The van der Waals surface area contributed by atoms with E-state index in [0.717, 1.165) is 37.9 Å². The molecule has 1 heterocycles. The molecule has 3 N–H and O–H groups in total. The lowest BCUT2D eigenvalue weighted by Gasteiger charge is -2.30. The summed E-state index contributed by atoms with van der Waals surface area (Å²) in [5.41, 5.74) is 7.31. The number of nitro groups is 1. The van der Waals surface area contributed by atoms with Gasteiger partial charge >= 0.3 is 0 Å². The third-order valence-electron chi connectivity index (χ3n) is 5.25. The van der Waals surface area contributed by atoms with Gasteiger partial charge in [-0.2, -0.15) is 0 Å². The van der Waals surface area contributed by atoms with Crippen LogP contribution in [0.4, 0.5) is 17.1 Å². The summed E-state index contributed by atoms with van der Waals surface area (Å²) in [5, 5.41) is 14.4. The summed E-state index contributed by atoms with van der Waals surface area (Å²) in [6, 6.07) is 12.4. The Morgan fingerprint density at radius 3 is 2.70 bits per heavy atom. The number of carbonyl (C=O) groups is 2. The summed E-state index contributed by atoms with van der Waals surface area (Å²) in [6.07, 6.45) is 3.90. The highest BCUT2D eigenvalue weighted by Gasteiger charge is 2.26. The summed E-state index contributed by atoms with van der Waals surface area (Å²) in [5.74, 6) is -0.968. The summed E-state index contributed by atoms with van der Waals surface area (Å²) in [7, 11) is 0. The molecule has 0 aromatic heterocycles. The van der Waals surface area contributed by atoms with Gasteiger partial charge in [0, 0.05) is 29.9 Å². The third kappa shape index (κ3) is 4.51. The minimum atomic E-state index is -0.608. The van der Waals surface area contributed by atoms with E-state index in [1.54, 1.807) is 0 Å². The number of benzene rings is 2. The van der Waals surface area contributed by atoms with Crippen LogP contribution in [0.15, 0.2) is 42.5 Å². The second kappa shape index (κ2) is 8.40. The van der Waals surface area contributed by atoms with Crippen LogP contribution < -0.4 is 21.1 Å². The van der Waals surface area contributed by atoms with Gasteiger partial charge in [0.15, 0.2) is 0 Å². The smallest absolute Gasteiger partial charge is 0.293 e. The first-order chi connectivity index (χ1) is 14.5. The molecular formula is C21H23N5O4. The van der Waals surface area contributed by atoms with Crippen molar-refractivity contribution in [2.75, 3.05) is 23.3 Å². The molecule has 2 amide bonds. The number of hydrogen-bond donors (Lipinski definition) is 3. The average Bonchev–Trinajstić information content (AvgIpc) is 3.56. The van der Waals surface area contributed by atoms with Gasteiger partial charge in [0.05, 0.1) is 11.5 Å². The van der Waals surface area contributed by atoms with Gasteiger partial charge in [0.1, 0.15) is 5.69 Å². The Balaban J connectivity index is 1.36. The van der Waals surface area contributed by atoms with Crippen LogP contribution in [0.1, 0.15) is 35.2 Å². The molecule has 0 bridgehead atoms. The minimum absolute atomic E-state index is 0.103. The summed E-state index contributed by atoms with van der Waals surface area (Å²) in [4.78, 5) is 37.5. The molecule has 2 aromatic carbocycles. The molecule has 1 fully saturated rings. The predicted octanol–water partition coefficient (Wildman–Crippen LogP) is 2.38. The SMILES string of the molecule is O=C(CN1CCCc2ccccc21)NNC(=O)c1ccc(NC2CC2)c([N+](=O)[O-])c1. The summed E-state index contributed by atoms with van der Waals surface area (Å²) < 4.78 is 0. The molecule has 4 rings (SSSR count). The van der Waals surface area contributed by atoms with Gasteiger partial charge in [-0.1, -0.05) is 18.2 Å². The zero-order chi connectivity index (χ0) is 21.1. The Bertz CT molecular complexity index is 989. The van der Waals surface area contributed by atoms with E-state index in [1.807, 2.05) is 23.1 Å². The van der Waals surface area contributed by atoms with E-state index in [4.69, 9.17) is 0 Å². The van der Waals surface area contributed by atoms with Gasteiger partial charge in [0.2, 0.25) is 0 Å². The van der Waals surface area contributed by atoms with Gasteiger partial charge in [-0.15, -0.1) is 0 Å². The van der Waals surface area contributed by atoms with Crippen molar-refractivity contribution in [3.8, 4) is 0 Å². The zero-order valence-corrected chi connectivity index (χ0v) is 16.4. The fraction of sp³-hybridized carbons (Fsp3) is 0.333. The number of anilines is 2. The van der Waals surface area contributed by atoms with Crippen molar-refractivity contribution in [3.63, 3.8) is 0 Å². The number of rotatable bonds is 6. The van der Waals surface area contributed by atoms with Gasteiger partial charge in [-0.05, 0) is 49.4 Å². The topological polar surface area (TPSA) is 117 Å². The van der Waals surface area contributed by atoms with Crippen LogP contribution in [-0.2, 0) is 11.2 Å². The summed E-state index contributed by atoms with van der Waals surface area (Å²) >= 11 is 0. The molecule has 0 spiro atoms. The number of carbonyl (C=O) groups excluding carboxylic acids is 2. The molecule has 0 atom stereocenters. The maximum absolute atomic E-state index is 12.4. The highest BCUT2D eigenvalue weighted by Crippen LogP contribution is 2.31. The number of hydrazine groups is 1. The number of nitrogens with one attached hydrogen (secondary N) is 3. The van der Waals surface area contributed by atoms with E-state index in [9.17, 15) is 19.7 Å². The molecule has 1 saturated carbocycles. The normalized spacial score (nSPS) is 15.1. The standard InChI is InChI=1S/C21H23N5O4/c27-20(13-25-11-3-5-14-4-1-2-6-18(14)25)23-24-21(28)15-7-10-17(22-16-8-9-16)19(12-15)26(29)30/h1-2,4,6-7,10,12,16,22H,3,5,8-9,11,13H2,(H,23,27)(H,24,28). The molecule has 2 aliphatic rings. The Hall–Kier alpha value is -3.62. The van der Waals surface area contributed by atoms with Gasteiger partial charge < -0.3 is 10.2 Å². The molecule has 9 nitrogen and oxygen atoms in total. The average molecular weight is 409 g/mol. The first-order valence-electron chi connectivity index (χ1n) is 9.98. The molecule has 1 aliphatic carbocycles. The number of hydrogen-bond acceptors (Lipinski definition) is 6. The van der Waals surface area contributed by atoms with Gasteiger partial charge in [-0.3, -0.25) is 30.6 Å². The second-order valence-electron chi connectivity index (χ2n) is 7.56. The van der Waals surface area contributed by atoms with Crippen LogP contribution in [0, 0.1) is 10.1 Å². The molecule has 156 valence electrons. The van der Waals surface area contributed by atoms with E-state index in [1.165, 1.54) is 23.8 Å². The van der Waals surface area contributed by atoms with Crippen LogP contribution in [0.3, 0.4) is 0 Å². The van der Waals surface area contributed by atoms with E-state index in [0.29, 0.717) is 5.69 Å². The fourth-order valence-corrected chi connectivity index (χ4v) is 3.58. The highest BCUT2D eigenvalue weighted by molar-refractivity contribution is 5.97.